The zero-order chi connectivity index (χ0) is 9.68. The lowest BCUT2D eigenvalue weighted by Crippen LogP contribution is -1.92. The minimum absolute atomic E-state index is 0.147. The van der Waals surface area contributed by atoms with Gasteiger partial charge in [-0.3, -0.25) is 4.79 Å². The Hall–Kier alpha value is -0.890. The van der Waals surface area contributed by atoms with Gasteiger partial charge in [-0.25, -0.2) is 0 Å². The number of allylic oxidation sites excluding steroid dienone is 2. The third kappa shape index (κ3) is 2.81. The van der Waals surface area contributed by atoms with E-state index in [1.807, 2.05) is 17.5 Å². The van der Waals surface area contributed by atoms with Crippen molar-refractivity contribution in [2.24, 2.45) is 0 Å². The molecule has 1 rings (SSSR count). The zero-order valence-corrected chi connectivity index (χ0v) is 8.86. The molecule has 2 heteroatoms. The lowest BCUT2D eigenvalue weighted by molar-refractivity contribution is 0.104. The number of hydrogen-bond acceptors (Lipinski definition) is 2. The van der Waals surface area contributed by atoms with Gasteiger partial charge < -0.3 is 0 Å². The van der Waals surface area contributed by atoms with Crippen molar-refractivity contribution in [3.05, 3.63) is 34.0 Å². The molecule has 0 aliphatic carbocycles. The molecule has 1 heterocycles. The van der Waals surface area contributed by atoms with Gasteiger partial charge in [0, 0.05) is 0 Å². The van der Waals surface area contributed by atoms with Crippen LogP contribution in [0.25, 0.3) is 0 Å². The Morgan fingerprint density at radius 2 is 2.15 bits per heavy atom. The van der Waals surface area contributed by atoms with E-state index in [0.717, 1.165) is 17.7 Å². The van der Waals surface area contributed by atoms with Gasteiger partial charge in [-0.05, 0) is 30.4 Å². The Balaban J connectivity index is 2.75. The van der Waals surface area contributed by atoms with E-state index >= 15 is 0 Å². The standard InChI is InChI=1S/C11H14OS/c1-3-9(4-2)8-10(12)11-6-5-7-13-11/h5-8H,3-4H2,1-2H3. The van der Waals surface area contributed by atoms with Gasteiger partial charge in [-0.1, -0.05) is 25.5 Å². The van der Waals surface area contributed by atoms with Crippen molar-refractivity contribution in [1.82, 2.24) is 0 Å². The molecule has 0 bridgehead atoms. The molecule has 1 aromatic rings. The molecule has 0 saturated heterocycles. The Labute approximate surface area is 83.1 Å². The zero-order valence-electron chi connectivity index (χ0n) is 8.04. The maximum Gasteiger partial charge on any atom is 0.195 e. The van der Waals surface area contributed by atoms with Crippen LogP contribution in [-0.4, -0.2) is 5.78 Å². The third-order valence-electron chi connectivity index (χ3n) is 2.01. The summed E-state index contributed by atoms with van der Waals surface area (Å²) in [6.07, 6.45) is 3.70. The molecule has 1 aromatic heterocycles. The quantitative estimate of drug-likeness (QED) is 0.528. The van der Waals surface area contributed by atoms with E-state index in [-0.39, 0.29) is 5.78 Å². The first-order valence-electron chi connectivity index (χ1n) is 4.55. The van der Waals surface area contributed by atoms with Crippen molar-refractivity contribution in [1.29, 1.82) is 0 Å². The van der Waals surface area contributed by atoms with Crippen LogP contribution in [0, 0.1) is 0 Å². The smallest absolute Gasteiger partial charge is 0.195 e. The number of rotatable bonds is 4. The van der Waals surface area contributed by atoms with Crippen molar-refractivity contribution >= 4 is 17.1 Å². The lowest BCUT2D eigenvalue weighted by atomic mass is 10.1. The summed E-state index contributed by atoms with van der Waals surface area (Å²) in [5.74, 6) is 0.147. The fraction of sp³-hybridized carbons (Fsp3) is 0.364. The van der Waals surface area contributed by atoms with Gasteiger partial charge >= 0.3 is 0 Å². The van der Waals surface area contributed by atoms with Crippen LogP contribution in [0.4, 0.5) is 0 Å². The summed E-state index contributed by atoms with van der Waals surface area (Å²) < 4.78 is 0. The summed E-state index contributed by atoms with van der Waals surface area (Å²) in [7, 11) is 0. The monoisotopic (exact) mass is 194 g/mol. The highest BCUT2D eigenvalue weighted by Crippen LogP contribution is 2.13. The average molecular weight is 194 g/mol. The molecule has 0 unspecified atom stereocenters. The van der Waals surface area contributed by atoms with Crippen LogP contribution in [0.2, 0.25) is 0 Å². The highest BCUT2D eigenvalue weighted by molar-refractivity contribution is 7.12. The first-order chi connectivity index (χ1) is 6.27. The fourth-order valence-corrected chi connectivity index (χ4v) is 1.77. The SMILES string of the molecule is CCC(=CC(=O)c1cccs1)CC. The first-order valence-corrected chi connectivity index (χ1v) is 5.43. The van der Waals surface area contributed by atoms with Crippen molar-refractivity contribution in [2.45, 2.75) is 26.7 Å². The Bertz CT molecular complexity index is 290. The van der Waals surface area contributed by atoms with E-state index in [9.17, 15) is 4.79 Å². The predicted octanol–water partition coefficient (Wildman–Crippen LogP) is 3.68. The van der Waals surface area contributed by atoms with Gasteiger partial charge in [-0.15, -0.1) is 11.3 Å². The first kappa shape index (κ1) is 10.2. The van der Waals surface area contributed by atoms with E-state index < -0.39 is 0 Å². The van der Waals surface area contributed by atoms with Crippen LogP contribution in [-0.2, 0) is 0 Å². The minimum atomic E-state index is 0.147. The maximum absolute atomic E-state index is 11.6. The molecular weight excluding hydrogens is 180 g/mol. The van der Waals surface area contributed by atoms with Gasteiger partial charge in [0.25, 0.3) is 0 Å². The van der Waals surface area contributed by atoms with Gasteiger partial charge in [0.2, 0.25) is 0 Å². The van der Waals surface area contributed by atoms with E-state index in [1.54, 1.807) is 6.08 Å². The number of hydrogen-bond donors (Lipinski definition) is 0. The molecule has 0 aromatic carbocycles. The molecule has 0 fully saturated rings. The highest BCUT2D eigenvalue weighted by atomic mass is 32.1. The number of thiophene rings is 1. The molecule has 0 amide bonds. The molecule has 0 N–H and O–H groups in total. The Morgan fingerprint density at radius 1 is 1.46 bits per heavy atom. The van der Waals surface area contributed by atoms with E-state index in [1.165, 1.54) is 16.9 Å². The molecule has 0 atom stereocenters. The summed E-state index contributed by atoms with van der Waals surface area (Å²) in [6.45, 7) is 4.16. The van der Waals surface area contributed by atoms with E-state index in [0.29, 0.717) is 0 Å². The lowest BCUT2D eigenvalue weighted by Gasteiger charge is -1.97. The van der Waals surface area contributed by atoms with Crippen molar-refractivity contribution < 1.29 is 4.79 Å². The largest absolute Gasteiger partial charge is 0.288 e. The number of carbonyl (C=O) groups is 1. The summed E-state index contributed by atoms with van der Waals surface area (Å²) in [6, 6.07) is 3.77. The number of carbonyl (C=O) groups excluding carboxylic acids is 1. The van der Waals surface area contributed by atoms with Crippen LogP contribution in [0.1, 0.15) is 36.4 Å². The van der Waals surface area contributed by atoms with Crippen LogP contribution < -0.4 is 0 Å². The minimum Gasteiger partial charge on any atom is -0.288 e. The van der Waals surface area contributed by atoms with Crippen molar-refractivity contribution in [2.75, 3.05) is 0 Å². The van der Waals surface area contributed by atoms with E-state index in [4.69, 9.17) is 0 Å². The van der Waals surface area contributed by atoms with Crippen LogP contribution in [0.3, 0.4) is 0 Å². The summed E-state index contributed by atoms with van der Waals surface area (Å²) in [4.78, 5) is 12.4. The third-order valence-corrected chi connectivity index (χ3v) is 2.89. The van der Waals surface area contributed by atoms with Crippen molar-refractivity contribution in [3.8, 4) is 0 Å². The summed E-state index contributed by atoms with van der Waals surface area (Å²) in [5.41, 5.74) is 1.22. The molecule has 13 heavy (non-hydrogen) atoms. The van der Waals surface area contributed by atoms with E-state index in [2.05, 4.69) is 13.8 Å². The average Bonchev–Trinajstić information content (AvgIpc) is 2.66. The number of ketones is 1. The molecule has 0 aliphatic rings. The molecular formula is C11H14OS. The fourth-order valence-electron chi connectivity index (χ4n) is 1.13. The molecule has 0 radical (unpaired) electrons. The second-order valence-electron chi connectivity index (χ2n) is 2.85. The van der Waals surface area contributed by atoms with Gasteiger partial charge in [-0.2, -0.15) is 0 Å². The van der Waals surface area contributed by atoms with Gasteiger partial charge in [0.05, 0.1) is 4.88 Å². The molecule has 0 aliphatic heterocycles. The maximum atomic E-state index is 11.6. The van der Waals surface area contributed by atoms with Gasteiger partial charge in [0.1, 0.15) is 0 Å². The molecule has 1 nitrogen and oxygen atoms in total. The Morgan fingerprint density at radius 3 is 2.62 bits per heavy atom. The van der Waals surface area contributed by atoms with Crippen LogP contribution >= 0.6 is 11.3 Å². The summed E-state index contributed by atoms with van der Waals surface area (Å²) >= 11 is 1.50. The van der Waals surface area contributed by atoms with Crippen LogP contribution in [0.5, 0.6) is 0 Å². The molecule has 70 valence electrons. The molecule has 0 spiro atoms. The van der Waals surface area contributed by atoms with Crippen molar-refractivity contribution in [3.63, 3.8) is 0 Å². The predicted molar refractivity (Wildman–Crippen MR) is 57.3 cm³/mol. The second-order valence-corrected chi connectivity index (χ2v) is 3.80. The topological polar surface area (TPSA) is 17.1 Å². The summed E-state index contributed by atoms with van der Waals surface area (Å²) in [5, 5.41) is 1.93. The second kappa shape index (κ2) is 4.97. The Kier molecular flexibility index (Phi) is 3.90. The highest BCUT2D eigenvalue weighted by Gasteiger charge is 2.03. The van der Waals surface area contributed by atoms with Gasteiger partial charge in [0.15, 0.2) is 5.78 Å². The normalized spacial score (nSPS) is 9.69. The molecule has 0 saturated carbocycles. The van der Waals surface area contributed by atoms with Crippen LogP contribution in [0.15, 0.2) is 29.2 Å².